The Bertz CT molecular complexity index is 601. The van der Waals surface area contributed by atoms with E-state index in [-0.39, 0.29) is 0 Å². The summed E-state index contributed by atoms with van der Waals surface area (Å²) in [6, 6.07) is 7.13. The molecule has 0 unspecified atom stereocenters. The molecule has 5 nitrogen and oxygen atoms in total. The Morgan fingerprint density at radius 3 is 2.48 bits per heavy atom. The molecule has 0 bridgehead atoms. The van der Waals surface area contributed by atoms with E-state index in [9.17, 15) is 8.42 Å². The number of benzene rings is 1. The summed E-state index contributed by atoms with van der Waals surface area (Å²) >= 11 is 0. The molecule has 1 aromatic carbocycles. The summed E-state index contributed by atoms with van der Waals surface area (Å²) in [6.07, 6.45) is 3.94. The van der Waals surface area contributed by atoms with Crippen molar-refractivity contribution in [3.05, 3.63) is 29.8 Å². The summed E-state index contributed by atoms with van der Waals surface area (Å²) in [5.41, 5.74) is 1.07. The molecule has 23 heavy (non-hydrogen) atoms. The van der Waals surface area contributed by atoms with Crippen molar-refractivity contribution < 1.29 is 18.1 Å². The molecule has 0 amide bonds. The fourth-order valence-electron chi connectivity index (χ4n) is 3.40. The summed E-state index contributed by atoms with van der Waals surface area (Å²) < 4.78 is 32.8. The fourth-order valence-corrected chi connectivity index (χ4v) is 4.84. The molecular weight excluding hydrogens is 312 g/mol. The van der Waals surface area contributed by atoms with E-state index >= 15 is 0 Å². The molecule has 6 heteroatoms. The monoisotopic (exact) mass is 339 g/mol. The van der Waals surface area contributed by atoms with Crippen LogP contribution >= 0.6 is 0 Å². The van der Waals surface area contributed by atoms with Crippen LogP contribution in [0.15, 0.2) is 29.2 Å². The third-order valence-corrected chi connectivity index (χ3v) is 6.79. The molecule has 0 spiro atoms. The second-order valence-electron chi connectivity index (χ2n) is 6.66. The van der Waals surface area contributed by atoms with Gasteiger partial charge in [0.25, 0.3) is 0 Å². The van der Waals surface area contributed by atoms with Crippen molar-refractivity contribution in [3.8, 4) is 0 Å². The van der Waals surface area contributed by atoms with E-state index in [0.29, 0.717) is 24.1 Å². The zero-order valence-electron chi connectivity index (χ0n) is 13.8. The number of piperazine rings is 1. The SMILES string of the molecule is Cc1ccc(S(=O)(=O)N2CC[NH+](C[C@H]3CCCCO3)CC2)cc1. The number of quaternary nitrogens is 1. The lowest BCUT2D eigenvalue weighted by atomic mass is 10.1. The molecule has 2 aliphatic heterocycles. The first-order chi connectivity index (χ1) is 11.1. The number of rotatable bonds is 4. The van der Waals surface area contributed by atoms with Crippen LogP contribution in [0.3, 0.4) is 0 Å². The van der Waals surface area contributed by atoms with Gasteiger partial charge in [0.1, 0.15) is 12.6 Å². The molecule has 2 heterocycles. The van der Waals surface area contributed by atoms with E-state index in [1.165, 1.54) is 17.7 Å². The maximum atomic E-state index is 12.7. The lowest BCUT2D eigenvalue weighted by molar-refractivity contribution is -0.907. The van der Waals surface area contributed by atoms with Crippen molar-refractivity contribution in [2.75, 3.05) is 39.3 Å². The largest absolute Gasteiger partial charge is 0.372 e. The van der Waals surface area contributed by atoms with Gasteiger partial charge in [-0.1, -0.05) is 17.7 Å². The number of nitrogens with one attached hydrogen (secondary N) is 1. The van der Waals surface area contributed by atoms with Gasteiger partial charge in [0, 0.05) is 6.61 Å². The van der Waals surface area contributed by atoms with Crippen molar-refractivity contribution in [1.82, 2.24) is 4.31 Å². The summed E-state index contributed by atoms with van der Waals surface area (Å²) in [7, 11) is -3.35. The third-order valence-electron chi connectivity index (χ3n) is 4.88. The van der Waals surface area contributed by atoms with Crippen molar-refractivity contribution in [1.29, 1.82) is 0 Å². The second-order valence-corrected chi connectivity index (χ2v) is 8.60. The van der Waals surface area contributed by atoms with Crippen molar-refractivity contribution in [2.24, 2.45) is 0 Å². The molecule has 3 rings (SSSR count). The Labute approximate surface area is 139 Å². The number of aryl methyl sites for hydroxylation is 1. The average Bonchev–Trinajstić information content (AvgIpc) is 2.57. The number of sulfonamides is 1. The van der Waals surface area contributed by atoms with Crippen LogP contribution in [0.4, 0.5) is 0 Å². The Hall–Kier alpha value is -0.950. The van der Waals surface area contributed by atoms with Crippen LogP contribution in [0.5, 0.6) is 0 Å². The van der Waals surface area contributed by atoms with Crippen LogP contribution in [0, 0.1) is 6.92 Å². The zero-order valence-corrected chi connectivity index (χ0v) is 14.6. The summed E-state index contributed by atoms with van der Waals surface area (Å²) in [5.74, 6) is 0. The maximum Gasteiger partial charge on any atom is 0.243 e. The van der Waals surface area contributed by atoms with Gasteiger partial charge in [-0.25, -0.2) is 8.42 Å². The van der Waals surface area contributed by atoms with Crippen LogP contribution in [0.2, 0.25) is 0 Å². The highest BCUT2D eigenvalue weighted by Gasteiger charge is 2.31. The first-order valence-corrected chi connectivity index (χ1v) is 10.0. The van der Waals surface area contributed by atoms with Gasteiger partial charge in [-0.3, -0.25) is 0 Å². The molecule has 128 valence electrons. The molecule has 0 saturated carbocycles. The average molecular weight is 339 g/mol. The Kier molecular flexibility index (Phi) is 5.36. The molecule has 1 N–H and O–H groups in total. The standard InChI is InChI=1S/C17H26N2O3S/c1-15-5-7-17(8-6-15)23(20,21)19-11-9-18(10-12-19)14-16-4-2-3-13-22-16/h5-8,16H,2-4,9-14H2,1H3/p+1/t16-/m1/s1. The van der Waals surface area contributed by atoms with Gasteiger partial charge < -0.3 is 9.64 Å². The lowest BCUT2D eigenvalue weighted by Crippen LogP contribution is -3.15. The molecule has 2 saturated heterocycles. The highest BCUT2D eigenvalue weighted by Crippen LogP contribution is 2.16. The van der Waals surface area contributed by atoms with E-state index in [0.717, 1.165) is 38.2 Å². The molecule has 2 fully saturated rings. The predicted molar refractivity (Wildman–Crippen MR) is 89.1 cm³/mol. The quantitative estimate of drug-likeness (QED) is 0.867. The fraction of sp³-hybridized carbons (Fsp3) is 0.647. The zero-order chi connectivity index (χ0) is 16.3. The minimum atomic E-state index is -3.35. The minimum Gasteiger partial charge on any atom is -0.372 e. The summed E-state index contributed by atoms with van der Waals surface area (Å²) in [6.45, 7) is 6.78. The van der Waals surface area contributed by atoms with E-state index in [1.54, 1.807) is 16.4 Å². The van der Waals surface area contributed by atoms with E-state index in [2.05, 4.69) is 0 Å². The summed E-state index contributed by atoms with van der Waals surface area (Å²) in [4.78, 5) is 1.87. The number of hydrogen-bond donors (Lipinski definition) is 1. The molecule has 1 atom stereocenters. The Morgan fingerprint density at radius 2 is 1.87 bits per heavy atom. The smallest absolute Gasteiger partial charge is 0.243 e. The van der Waals surface area contributed by atoms with Gasteiger partial charge >= 0.3 is 0 Å². The van der Waals surface area contributed by atoms with Crippen LogP contribution in [-0.2, 0) is 14.8 Å². The first-order valence-electron chi connectivity index (χ1n) is 8.58. The van der Waals surface area contributed by atoms with E-state index in [1.807, 2.05) is 19.1 Å². The van der Waals surface area contributed by atoms with Gasteiger partial charge in [-0.2, -0.15) is 4.31 Å². The molecule has 0 aliphatic carbocycles. The molecule has 2 aliphatic rings. The lowest BCUT2D eigenvalue weighted by Gasteiger charge is -2.34. The van der Waals surface area contributed by atoms with Gasteiger partial charge in [-0.05, 0) is 38.3 Å². The topological polar surface area (TPSA) is 51.0 Å². The maximum absolute atomic E-state index is 12.7. The molecule has 1 aromatic rings. The highest BCUT2D eigenvalue weighted by atomic mass is 32.2. The third kappa shape index (κ3) is 4.12. The molecule has 0 radical (unpaired) electrons. The summed E-state index contributed by atoms with van der Waals surface area (Å²) in [5, 5.41) is 0. The van der Waals surface area contributed by atoms with Crippen molar-refractivity contribution in [2.45, 2.75) is 37.2 Å². The molecule has 0 aromatic heterocycles. The number of nitrogens with zero attached hydrogens (tertiary/aromatic N) is 1. The predicted octanol–water partition coefficient (Wildman–Crippen LogP) is 0.453. The van der Waals surface area contributed by atoms with Crippen LogP contribution in [-0.4, -0.2) is 58.2 Å². The van der Waals surface area contributed by atoms with E-state index < -0.39 is 10.0 Å². The Morgan fingerprint density at radius 1 is 1.17 bits per heavy atom. The van der Waals surface area contributed by atoms with Gasteiger partial charge in [0.15, 0.2) is 0 Å². The highest BCUT2D eigenvalue weighted by molar-refractivity contribution is 7.89. The number of hydrogen-bond acceptors (Lipinski definition) is 3. The second kappa shape index (κ2) is 7.30. The van der Waals surface area contributed by atoms with Crippen molar-refractivity contribution >= 4 is 10.0 Å². The Balaban J connectivity index is 1.56. The van der Waals surface area contributed by atoms with Crippen LogP contribution < -0.4 is 4.90 Å². The minimum absolute atomic E-state index is 0.360. The normalized spacial score (nSPS) is 24.7. The van der Waals surface area contributed by atoms with Crippen LogP contribution in [0.1, 0.15) is 24.8 Å². The van der Waals surface area contributed by atoms with Gasteiger partial charge in [0.2, 0.25) is 10.0 Å². The molecular formula is C17H27N2O3S+. The first kappa shape index (κ1) is 16.9. The van der Waals surface area contributed by atoms with Crippen LogP contribution in [0.25, 0.3) is 0 Å². The number of ether oxygens (including phenoxy) is 1. The van der Waals surface area contributed by atoms with Gasteiger partial charge in [-0.15, -0.1) is 0 Å². The van der Waals surface area contributed by atoms with Gasteiger partial charge in [0.05, 0.1) is 31.1 Å². The van der Waals surface area contributed by atoms with E-state index in [4.69, 9.17) is 4.74 Å². The van der Waals surface area contributed by atoms with Crippen molar-refractivity contribution in [3.63, 3.8) is 0 Å².